The summed E-state index contributed by atoms with van der Waals surface area (Å²) in [4.78, 5) is 11.7. The fraction of sp³-hybridized carbons (Fsp3) is 0.286. The Labute approximate surface area is 174 Å². The number of benzene rings is 2. The molecular formula is C21H22Cl2O5. The Balaban J connectivity index is 2.31. The third-order valence-electron chi connectivity index (χ3n) is 3.79. The van der Waals surface area contributed by atoms with E-state index in [4.69, 9.17) is 42.1 Å². The molecule has 0 saturated heterocycles. The van der Waals surface area contributed by atoms with Gasteiger partial charge >= 0.3 is 5.97 Å². The molecule has 2 rings (SSSR count). The standard InChI is InChI=1S/C21H22Cl2O5/c1-4-26-20(24)10-7-15-6-9-19(28-13-25-3)14(2)21(15)27-12-16-5-8-17(22)11-18(16)23/h5-11H,4,12-13H2,1-3H3. The van der Waals surface area contributed by atoms with Crippen molar-refractivity contribution in [2.45, 2.75) is 20.5 Å². The summed E-state index contributed by atoms with van der Waals surface area (Å²) in [5.74, 6) is 0.763. The van der Waals surface area contributed by atoms with Crippen LogP contribution in [0.4, 0.5) is 0 Å². The van der Waals surface area contributed by atoms with Crippen molar-refractivity contribution in [1.82, 2.24) is 0 Å². The van der Waals surface area contributed by atoms with Crippen molar-refractivity contribution in [3.8, 4) is 11.5 Å². The van der Waals surface area contributed by atoms with Crippen LogP contribution in [-0.4, -0.2) is 26.5 Å². The highest BCUT2D eigenvalue weighted by Crippen LogP contribution is 2.34. The second-order valence-corrected chi connectivity index (χ2v) is 6.61. The van der Waals surface area contributed by atoms with Gasteiger partial charge in [0.15, 0.2) is 6.79 Å². The van der Waals surface area contributed by atoms with Crippen LogP contribution in [0.2, 0.25) is 10.0 Å². The monoisotopic (exact) mass is 424 g/mol. The minimum absolute atomic E-state index is 0.112. The molecule has 5 nitrogen and oxygen atoms in total. The van der Waals surface area contributed by atoms with E-state index >= 15 is 0 Å². The van der Waals surface area contributed by atoms with Crippen LogP contribution in [0.25, 0.3) is 6.08 Å². The number of rotatable bonds is 9. The molecule has 150 valence electrons. The predicted octanol–water partition coefficient (Wildman–Crippen LogP) is 5.44. The van der Waals surface area contributed by atoms with Gasteiger partial charge in [0.05, 0.1) is 6.61 Å². The molecule has 2 aromatic rings. The second kappa shape index (κ2) is 11.0. The molecule has 0 aliphatic carbocycles. The van der Waals surface area contributed by atoms with Gasteiger partial charge in [-0.25, -0.2) is 4.79 Å². The largest absolute Gasteiger partial charge is 0.488 e. The van der Waals surface area contributed by atoms with E-state index in [9.17, 15) is 4.79 Å². The summed E-state index contributed by atoms with van der Waals surface area (Å²) in [5, 5.41) is 1.07. The van der Waals surface area contributed by atoms with Gasteiger partial charge in [0.25, 0.3) is 0 Å². The molecule has 0 aromatic heterocycles. The molecule has 0 radical (unpaired) electrons. The lowest BCUT2D eigenvalue weighted by atomic mass is 10.1. The molecule has 0 aliphatic heterocycles. The van der Waals surface area contributed by atoms with Gasteiger partial charge in [-0.1, -0.05) is 29.3 Å². The zero-order chi connectivity index (χ0) is 20.5. The van der Waals surface area contributed by atoms with E-state index in [2.05, 4.69) is 0 Å². The van der Waals surface area contributed by atoms with E-state index in [1.807, 2.05) is 6.92 Å². The topological polar surface area (TPSA) is 54.0 Å². The molecule has 0 unspecified atom stereocenters. The lowest BCUT2D eigenvalue weighted by Crippen LogP contribution is -2.04. The fourth-order valence-electron chi connectivity index (χ4n) is 2.43. The summed E-state index contributed by atoms with van der Waals surface area (Å²) >= 11 is 12.2. The van der Waals surface area contributed by atoms with E-state index in [1.165, 1.54) is 6.08 Å². The van der Waals surface area contributed by atoms with E-state index in [0.717, 1.165) is 11.1 Å². The molecule has 2 aromatic carbocycles. The van der Waals surface area contributed by atoms with Crippen molar-refractivity contribution < 1.29 is 23.7 Å². The maximum Gasteiger partial charge on any atom is 0.330 e. The summed E-state index contributed by atoms with van der Waals surface area (Å²) in [7, 11) is 1.55. The minimum atomic E-state index is -0.424. The molecule has 7 heteroatoms. The number of hydrogen-bond donors (Lipinski definition) is 0. The number of esters is 1. The molecule has 0 atom stereocenters. The molecule has 0 saturated carbocycles. The van der Waals surface area contributed by atoms with Crippen molar-refractivity contribution in [3.05, 3.63) is 63.1 Å². The van der Waals surface area contributed by atoms with Gasteiger partial charge in [-0.05, 0) is 44.2 Å². The summed E-state index contributed by atoms with van der Waals surface area (Å²) in [6.07, 6.45) is 3.00. The zero-order valence-electron chi connectivity index (χ0n) is 16.0. The smallest absolute Gasteiger partial charge is 0.330 e. The average Bonchev–Trinajstić information content (AvgIpc) is 2.66. The van der Waals surface area contributed by atoms with E-state index in [0.29, 0.717) is 33.7 Å². The molecule has 28 heavy (non-hydrogen) atoms. The maximum atomic E-state index is 11.7. The van der Waals surface area contributed by atoms with Crippen molar-refractivity contribution in [2.24, 2.45) is 0 Å². The number of carbonyl (C=O) groups is 1. The Morgan fingerprint density at radius 3 is 2.61 bits per heavy atom. The van der Waals surface area contributed by atoms with Crippen LogP contribution in [-0.2, 0) is 20.9 Å². The Kier molecular flexibility index (Phi) is 8.64. The van der Waals surface area contributed by atoms with Crippen LogP contribution in [0.15, 0.2) is 36.4 Å². The highest BCUT2D eigenvalue weighted by Gasteiger charge is 2.13. The fourth-order valence-corrected chi connectivity index (χ4v) is 2.90. The summed E-state index contributed by atoms with van der Waals surface area (Å²) < 4.78 is 21.5. The van der Waals surface area contributed by atoms with Crippen LogP contribution in [0.3, 0.4) is 0 Å². The van der Waals surface area contributed by atoms with Crippen LogP contribution in [0, 0.1) is 6.92 Å². The summed E-state index contributed by atoms with van der Waals surface area (Å²) in [6, 6.07) is 8.81. The molecular weight excluding hydrogens is 403 g/mol. The lowest BCUT2D eigenvalue weighted by Gasteiger charge is -2.16. The Hall–Kier alpha value is -2.21. The van der Waals surface area contributed by atoms with Crippen LogP contribution in [0.5, 0.6) is 11.5 Å². The maximum absolute atomic E-state index is 11.7. The van der Waals surface area contributed by atoms with Gasteiger partial charge in [-0.2, -0.15) is 0 Å². The lowest BCUT2D eigenvalue weighted by molar-refractivity contribution is -0.137. The summed E-state index contributed by atoms with van der Waals surface area (Å²) in [6.45, 7) is 4.27. The van der Waals surface area contributed by atoms with Gasteiger partial charge < -0.3 is 18.9 Å². The van der Waals surface area contributed by atoms with Crippen molar-refractivity contribution in [2.75, 3.05) is 20.5 Å². The molecule has 0 fully saturated rings. The van der Waals surface area contributed by atoms with E-state index < -0.39 is 5.97 Å². The van der Waals surface area contributed by atoms with Gasteiger partial charge in [0.1, 0.15) is 18.1 Å². The third kappa shape index (κ3) is 6.16. The molecule has 0 bridgehead atoms. The van der Waals surface area contributed by atoms with Gasteiger partial charge in [-0.15, -0.1) is 0 Å². The van der Waals surface area contributed by atoms with E-state index in [-0.39, 0.29) is 13.4 Å². The van der Waals surface area contributed by atoms with Gasteiger partial charge in [0, 0.05) is 39.9 Å². The Morgan fingerprint density at radius 2 is 1.93 bits per heavy atom. The first-order chi connectivity index (χ1) is 13.5. The number of carbonyl (C=O) groups excluding carboxylic acids is 1. The number of methoxy groups -OCH3 is 1. The molecule has 0 spiro atoms. The molecule has 0 heterocycles. The number of ether oxygens (including phenoxy) is 4. The SMILES string of the molecule is CCOC(=O)C=Cc1ccc(OCOC)c(C)c1OCc1ccc(Cl)cc1Cl. The first kappa shape index (κ1) is 22.1. The van der Waals surface area contributed by atoms with Gasteiger partial charge in [0.2, 0.25) is 0 Å². The normalized spacial score (nSPS) is 10.9. The highest BCUT2D eigenvalue weighted by molar-refractivity contribution is 6.35. The van der Waals surface area contributed by atoms with Gasteiger partial charge in [-0.3, -0.25) is 0 Å². The van der Waals surface area contributed by atoms with Crippen molar-refractivity contribution in [3.63, 3.8) is 0 Å². The zero-order valence-corrected chi connectivity index (χ0v) is 17.5. The Morgan fingerprint density at radius 1 is 1.14 bits per heavy atom. The number of halogens is 2. The highest BCUT2D eigenvalue weighted by atomic mass is 35.5. The van der Waals surface area contributed by atoms with Crippen LogP contribution >= 0.6 is 23.2 Å². The molecule has 0 aliphatic rings. The van der Waals surface area contributed by atoms with Crippen molar-refractivity contribution >= 4 is 35.2 Å². The van der Waals surface area contributed by atoms with Crippen LogP contribution < -0.4 is 9.47 Å². The van der Waals surface area contributed by atoms with E-state index in [1.54, 1.807) is 50.4 Å². The first-order valence-corrected chi connectivity index (χ1v) is 9.38. The third-order valence-corrected chi connectivity index (χ3v) is 4.38. The summed E-state index contributed by atoms with van der Waals surface area (Å²) in [5.41, 5.74) is 2.27. The minimum Gasteiger partial charge on any atom is -0.488 e. The Bertz CT molecular complexity index is 849. The molecule has 0 amide bonds. The first-order valence-electron chi connectivity index (χ1n) is 8.63. The predicted molar refractivity (Wildman–Crippen MR) is 110 cm³/mol. The molecule has 0 N–H and O–H groups in total. The quantitative estimate of drug-likeness (QED) is 0.304. The number of hydrogen-bond acceptors (Lipinski definition) is 5. The average molecular weight is 425 g/mol. The van der Waals surface area contributed by atoms with Crippen LogP contribution in [0.1, 0.15) is 23.6 Å². The van der Waals surface area contributed by atoms with Crippen molar-refractivity contribution in [1.29, 1.82) is 0 Å². The second-order valence-electron chi connectivity index (χ2n) is 5.77.